The number of benzene rings is 2. The van der Waals surface area contributed by atoms with E-state index in [0.29, 0.717) is 18.2 Å². The number of aliphatic carboxylic acids is 1. The van der Waals surface area contributed by atoms with Crippen LogP contribution in [0.3, 0.4) is 0 Å². The van der Waals surface area contributed by atoms with Crippen LogP contribution in [0.1, 0.15) is 43.4 Å². The van der Waals surface area contributed by atoms with Crippen LogP contribution >= 0.6 is 0 Å². The molecule has 0 aromatic heterocycles. The molecule has 0 saturated heterocycles. The predicted molar refractivity (Wildman–Crippen MR) is 111 cm³/mol. The van der Waals surface area contributed by atoms with Gasteiger partial charge in [0.15, 0.2) is 12.7 Å². The van der Waals surface area contributed by atoms with Crippen LogP contribution < -0.4 is 9.47 Å². The molecule has 0 aliphatic rings. The Balaban J connectivity index is 1.99. The summed E-state index contributed by atoms with van der Waals surface area (Å²) in [7, 11) is 1.73. The average Bonchev–Trinajstić information content (AvgIpc) is 2.66. The lowest BCUT2D eigenvalue weighted by Gasteiger charge is -2.24. The van der Waals surface area contributed by atoms with Gasteiger partial charge in [0.25, 0.3) is 5.91 Å². The first kappa shape index (κ1) is 22.3. The summed E-state index contributed by atoms with van der Waals surface area (Å²) >= 11 is 0. The molecule has 1 amide bonds. The number of hydrogen-bond acceptors (Lipinski definition) is 4. The highest BCUT2D eigenvalue weighted by Gasteiger charge is 2.21. The van der Waals surface area contributed by atoms with E-state index < -0.39 is 12.1 Å². The van der Waals surface area contributed by atoms with Gasteiger partial charge in [0, 0.05) is 13.6 Å². The molecule has 0 radical (unpaired) electrons. The Hall–Kier alpha value is -3.02. The van der Waals surface area contributed by atoms with Crippen molar-refractivity contribution in [3.8, 4) is 11.5 Å². The van der Waals surface area contributed by atoms with Crippen LogP contribution in [0.5, 0.6) is 11.5 Å². The Bertz CT molecular complexity index is 845. The number of rotatable bonds is 9. The number of likely N-dealkylation sites (N-methyl/N-ethyl adjacent to an activating group) is 1. The number of nitrogens with zero attached hydrogens (tertiary/aromatic N) is 1. The molecule has 29 heavy (non-hydrogen) atoms. The molecule has 0 heterocycles. The van der Waals surface area contributed by atoms with E-state index in [-0.39, 0.29) is 12.5 Å². The number of amides is 1. The van der Waals surface area contributed by atoms with Crippen molar-refractivity contribution in [3.05, 3.63) is 59.2 Å². The highest BCUT2D eigenvalue weighted by atomic mass is 16.5. The number of carboxylic acids is 1. The van der Waals surface area contributed by atoms with Crippen molar-refractivity contribution < 1.29 is 24.2 Å². The van der Waals surface area contributed by atoms with Crippen molar-refractivity contribution in [2.24, 2.45) is 0 Å². The lowest BCUT2D eigenvalue weighted by molar-refractivity contribution is -0.139. The maximum atomic E-state index is 12.8. The van der Waals surface area contributed by atoms with E-state index in [1.165, 1.54) is 0 Å². The first-order valence-electron chi connectivity index (χ1n) is 9.63. The first-order valence-corrected chi connectivity index (χ1v) is 9.63. The SMILES string of the molecule is Cc1ccc(C(C)C)c(OC(C)C(=O)N(C)Cc2ccc(OCC(=O)O)cc2)c1. The molecular formula is C23H29NO5. The Labute approximate surface area is 172 Å². The summed E-state index contributed by atoms with van der Waals surface area (Å²) < 4.78 is 11.1. The molecule has 156 valence electrons. The van der Waals surface area contributed by atoms with Gasteiger partial charge in [0.2, 0.25) is 0 Å². The summed E-state index contributed by atoms with van der Waals surface area (Å²) in [5, 5.41) is 8.65. The minimum Gasteiger partial charge on any atom is -0.482 e. The summed E-state index contributed by atoms with van der Waals surface area (Å²) in [6, 6.07) is 13.1. The van der Waals surface area contributed by atoms with E-state index in [1.54, 1.807) is 31.0 Å². The van der Waals surface area contributed by atoms with Crippen LogP contribution in [0.25, 0.3) is 0 Å². The number of carbonyl (C=O) groups excluding carboxylic acids is 1. The minimum absolute atomic E-state index is 0.118. The van der Waals surface area contributed by atoms with E-state index in [2.05, 4.69) is 13.8 Å². The fourth-order valence-electron chi connectivity index (χ4n) is 2.96. The number of carbonyl (C=O) groups is 2. The van der Waals surface area contributed by atoms with Gasteiger partial charge in [-0.2, -0.15) is 0 Å². The maximum Gasteiger partial charge on any atom is 0.341 e. The fourth-order valence-corrected chi connectivity index (χ4v) is 2.96. The van der Waals surface area contributed by atoms with Crippen LogP contribution in [0.2, 0.25) is 0 Å². The highest BCUT2D eigenvalue weighted by molar-refractivity contribution is 5.80. The maximum absolute atomic E-state index is 12.8. The highest BCUT2D eigenvalue weighted by Crippen LogP contribution is 2.28. The molecule has 0 fully saturated rings. The average molecular weight is 399 g/mol. The fraction of sp³-hybridized carbons (Fsp3) is 0.391. The molecule has 1 N–H and O–H groups in total. The quantitative estimate of drug-likeness (QED) is 0.690. The van der Waals surface area contributed by atoms with Crippen LogP contribution in [0.15, 0.2) is 42.5 Å². The molecule has 0 spiro atoms. The normalized spacial score (nSPS) is 11.8. The molecule has 0 aliphatic heterocycles. The third-order valence-electron chi connectivity index (χ3n) is 4.52. The van der Waals surface area contributed by atoms with Gasteiger partial charge < -0.3 is 19.5 Å². The van der Waals surface area contributed by atoms with Gasteiger partial charge in [-0.25, -0.2) is 4.79 Å². The molecule has 0 saturated carbocycles. The number of carboxylic acid groups (broad SMARTS) is 1. The Morgan fingerprint density at radius 3 is 2.31 bits per heavy atom. The van der Waals surface area contributed by atoms with Gasteiger partial charge in [-0.15, -0.1) is 0 Å². The Morgan fingerprint density at radius 1 is 1.07 bits per heavy atom. The minimum atomic E-state index is -1.03. The summed E-state index contributed by atoms with van der Waals surface area (Å²) in [5.74, 6) is 0.374. The first-order chi connectivity index (χ1) is 13.7. The molecule has 0 bridgehead atoms. The van der Waals surface area contributed by atoms with Crippen molar-refractivity contribution in [2.45, 2.75) is 46.3 Å². The summed E-state index contributed by atoms with van der Waals surface area (Å²) in [6.45, 7) is 7.98. The third-order valence-corrected chi connectivity index (χ3v) is 4.52. The van der Waals surface area contributed by atoms with Crippen LogP contribution in [-0.2, 0) is 16.1 Å². The molecule has 2 aromatic carbocycles. The smallest absolute Gasteiger partial charge is 0.341 e. The molecule has 2 rings (SSSR count). The zero-order valence-electron chi connectivity index (χ0n) is 17.6. The van der Waals surface area contributed by atoms with Crippen LogP contribution in [-0.4, -0.2) is 41.6 Å². The molecular weight excluding hydrogens is 370 g/mol. The van der Waals surface area contributed by atoms with Crippen LogP contribution in [0.4, 0.5) is 0 Å². The standard InChI is InChI=1S/C23H29NO5/c1-15(2)20-11-6-16(3)12-21(20)29-17(4)23(27)24(5)13-18-7-9-19(10-8-18)28-14-22(25)26/h6-12,15,17H,13-14H2,1-5H3,(H,25,26). The third kappa shape index (κ3) is 6.52. The van der Waals surface area contributed by atoms with Gasteiger partial charge in [-0.05, 0) is 54.7 Å². The summed E-state index contributed by atoms with van der Waals surface area (Å²) in [4.78, 5) is 24.9. The van der Waals surface area contributed by atoms with Gasteiger partial charge in [-0.1, -0.05) is 38.1 Å². The van der Waals surface area contributed by atoms with Gasteiger partial charge in [0.1, 0.15) is 11.5 Å². The molecule has 2 aromatic rings. The molecule has 6 nitrogen and oxygen atoms in total. The van der Waals surface area contributed by atoms with Crippen molar-refractivity contribution in [3.63, 3.8) is 0 Å². The van der Waals surface area contributed by atoms with E-state index in [0.717, 1.165) is 22.4 Å². The number of ether oxygens (including phenoxy) is 2. The monoisotopic (exact) mass is 399 g/mol. The lowest BCUT2D eigenvalue weighted by Crippen LogP contribution is -2.37. The Morgan fingerprint density at radius 2 is 1.72 bits per heavy atom. The second kappa shape index (κ2) is 9.96. The molecule has 6 heteroatoms. The van der Waals surface area contributed by atoms with Gasteiger partial charge >= 0.3 is 5.97 Å². The number of hydrogen-bond donors (Lipinski definition) is 1. The predicted octanol–water partition coefficient (Wildman–Crippen LogP) is 4.01. The van der Waals surface area contributed by atoms with Crippen molar-refractivity contribution in [1.29, 1.82) is 0 Å². The van der Waals surface area contributed by atoms with Crippen molar-refractivity contribution in [2.75, 3.05) is 13.7 Å². The lowest BCUT2D eigenvalue weighted by atomic mass is 10.0. The van der Waals surface area contributed by atoms with Crippen molar-refractivity contribution in [1.82, 2.24) is 4.90 Å². The van der Waals surface area contributed by atoms with Crippen LogP contribution in [0, 0.1) is 6.92 Å². The zero-order valence-corrected chi connectivity index (χ0v) is 17.6. The summed E-state index contributed by atoms with van der Waals surface area (Å²) in [6.07, 6.45) is -0.613. The molecule has 0 aliphatic carbocycles. The Kier molecular flexibility index (Phi) is 7.65. The van der Waals surface area contributed by atoms with E-state index in [1.807, 2.05) is 37.3 Å². The number of aryl methyl sites for hydroxylation is 1. The zero-order chi connectivity index (χ0) is 21.6. The van der Waals surface area contributed by atoms with Crippen molar-refractivity contribution >= 4 is 11.9 Å². The largest absolute Gasteiger partial charge is 0.482 e. The van der Waals surface area contributed by atoms with E-state index in [4.69, 9.17) is 14.6 Å². The molecule has 1 atom stereocenters. The van der Waals surface area contributed by atoms with Gasteiger partial charge in [-0.3, -0.25) is 4.79 Å². The molecule has 1 unspecified atom stereocenters. The topological polar surface area (TPSA) is 76.1 Å². The second-order valence-corrected chi connectivity index (χ2v) is 7.48. The second-order valence-electron chi connectivity index (χ2n) is 7.48. The van der Waals surface area contributed by atoms with E-state index in [9.17, 15) is 9.59 Å². The van der Waals surface area contributed by atoms with Gasteiger partial charge in [0.05, 0.1) is 0 Å². The summed E-state index contributed by atoms with van der Waals surface area (Å²) in [5.41, 5.74) is 3.08. The van der Waals surface area contributed by atoms with E-state index >= 15 is 0 Å².